The largest absolute Gasteiger partial charge is 0.362 e. The molecule has 1 aliphatic rings. The number of ketones is 2. The van der Waals surface area contributed by atoms with E-state index >= 15 is 0 Å². The average Bonchev–Trinajstić information content (AvgIpc) is 2.00. The highest BCUT2D eigenvalue weighted by atomic mass is 19.3. The Hall–Kier alpha value is -0.800. The number of halogens is 2. The Labute approximate surface area is 75.3 Å². The molecular weight excluding hydrogens is 178 g/mol. The van der Waals surface area contributed by atoms with Gasteiger partial charge in [0.2, 0.25) is 11.6 Å². The molecule has 13 heavy (non-hydrogen) atoms. The number of carbonyl (C=O) groups is 2. The summed E-state index contributed by atoms with van der Waals surface area (Å²) in [5, 5.41) is 0. The van der Waals surface area contributed by atoms with E-state index in [1.54, 1.807) is 0 Å². The van der Waals surface area contributed by atoms with E-state index in [0.29, 0.717) is 0 Å². The van der Waals surface area contributed by atoms with Gasteiger partial charge in [-0.1, -0.05) is 13.8 Å². The van der Waals surface area contributed by atoms with Gasteiger partial charge < -0.3 is 0 Å². The Bertz CT molecular complexity index is 226. The number of Topliss-reactive ketones (excluding diaryl/α,β-unsaturated/α-hetero) is 2. The summed E-state index contributed by atoms with van der Waals surface area (Å²) in [4.78, 5) is 21.7. The zero-order valence-electron chi connectivity index (χ0n) is 7.64. The molecule has 1 fully saturated rings. The van der Waals surface area contributed by atoms with E-state index in [4.69, 9.17) is 0 Å². The Balaban J connectivity index is 2.80. The molecule has 0 aromatic heterocycles. The van der Waals surface area contributed by atoms with Crippen molar-refractivity contribution in [2.45, 2.75) is 32.6 Å². The van der Waals surface area contributed by atoms with Crippen LogP contribution in [0.5, 0.6) is 0 Å². The van der Waals surface area contributed by atoms with E-state index in [1.807, 2.05) is 13.8 Å². The van der Waals surface area contributed by atoms with Gasteiger partial charge in [-0.3, -0.25) is 9.59 Å². The molecule has 1 rings (SSSR count). The summed E-state index contributed by atoms with van der Waals surface area (Å²) in [6.07, 6.45) is -0.340. The van der Waals surface area contributed by atoms with Gasteiger partial charge >= 0.3 is 5.92 Å². The van der Waals surface area contributed by atoms with Gasteiger partial charge in [0.15, 0.2) is 0 Å². The van der Waals surface area contributed by atoms with Crippen molar-refractivity contribution in [1.82, 2.24) is 0 Å². The summed E-state index contributed by atoms with van der Waals surface area (Å²) < 4.78 is 25.5. The van der Waals surface area contributed by atoms with Crippen molar-refractivity contribution in [3.05, 3.63) is 0 Å². The predicted molar refractivity (Wildman–Crippen MR) is 42.5 cm³/mol. The van der Waals surface area contributed by atoms with E-state index in [1.165, 1.54) is 0 Å². The van der Waals surface area contributed by atoms with Gasteiger partial charge in [0.25, 0.3) is 0 Å². The second-order valence-corrected chi connectivity index (χ2v) is 3.83. The predicted octanol–water partition coefficient (Wildman–Crippen LogP) is 1.83. The summed E-state index contributed by atoms with van der Waals surface area (Å²) in [5.74, 6) is -6.26. The van der Waals surface area contributed by atoms with Gasteiger partial charge in [0.05, 0.1) is 0 Å². The first-order valence-electron chi connectivity index (χ1n) is 4.30. The molecule has 0 atom stereocenters. The van der Waals surface area contributed by atoms with Crippen LogP contribution in [0.25, 0.3) is 0 Å². The third-order valence-corrected chi connectivity index (χ3v) is 2.54. The fourth-order valence-electron chi connectivity index (χ4n) is 1.43. The van der Waals surface area contributed by atoms with E-state index in [9.17, 15) is 18.4 Å². The van der Waals surface area contributed by atoms with E-state index < -0.39 is 17.5 Å². The summed E-state index contributed by atoms with van der Waals surface area (Å²) in [5.41, 5.74) is 0. The Morgan fingerprint density at radius 3 is 1.92 bits per heavy atom. The lowest BCUT2D eigenvalue weighted by molar-refractivity contribution is -0.162. The molecule has 2 nitrogen and oxygen atoms in total. The molecule has 0 bridgehead atoms. The average molecular weight is 190 g/mol. The van der Waals surface area contributed by atoms with Crippen LogP contribution in [0.1, 0.15) is 26.7 Å². The molecule has 0 radical (unpaired) electrons. The molecule has 0 aromatic carbocycles. The topological polar surface area (TPSA) is 34.1 Å². The van der Waals surface area contributed by atoms with Crippen LogP contribution in [0.4, 0.5) is 8.78 Å². The van der Waals surface area contributed by atoms with Crippen LogP contribution in [-0.2, 0) is 9.59 Å². The van der Waals surface area contributed by atoms with Crippen LogP contribution in [0, 0.1) is 11.8 Å². The summed E-state index contributed by atoms with van der Waals surface area (Å²) in [6.45, 7) is 3.66. The molecule has 4 heteroatoms. The van der Waals surface area contributed by atoms with Gasteiger partial charge in [0, 0.05) is 12.8 Å². The summed E-state index contributed by atoms with van der Waals surface area (Å²) >= 11 is 0. The van der Waals surface area contributed by atoms with Crippen LogP contribution in [0.3, 0.4) is 0 Å². The molecule has 0 heterocycles. The zero-order valence-corrected chi connectivity index (χ0v) is 7.64. The Morgan fingerprint density at radius 1 is 1.23 bits per heavy atom. The van der Waals surface area contributed by atoms with E-state index in [2.05, 4.69) is 0 Å². The Kier molecular flexibility index (Phi) is 2.50. The van der Waals surface area contributed by atoms with Crippen LogP contribution in [0.15, 0.2) is 0 Å². The first-order valence-corrected chi connectivity index (χ1v) is 4.30. The van der Waals surface area contributed by atoms with Crippen LogP contribution in [-0.4, -0.2) is 17.5 Å². The van der Waals surface area contributed by atoms with Gasteiger partial charge in [-0.15, -0.1) is 0 Å². The zero-order chi connectivity index (χ0) is 10.2. The molecule has 0 saturated heterocycles. The first-order chi connectivity index (χ1) is 5.85. The number of hydrogen-bond acceptors (Lipinski definition) is 2. The third-order valence-electron chi connectivity index (χ3n) is 2.54. The van der Waals surface area contributed by atoms with Crippen LogP contribution < -0.4 is 0 Å². The van der Waals surface area contributed by atoms with Crippen molar-refractivity contribution < 1.29 is 18.4 Å². The highest BCUT2D eigenvalue weighted by molar-refractivity contribution is 6.10. The maximum Gasteiger partial charge on any atom is 0.362 e. The maximum absolute atomic E-state index is 12.7. The van der Waals surface area contributed by atoms with Gasteiger partial charge in [-0.25, -0.2) is 0 Å². The van der Waals surface area contributed by atoms with Crippen molar-refractivity contribution in [3.8, 4) is 0 Å². The first kappa shape index (κ1) is 10.3. The maximum atomic E-state index is 12.7. The fraction of sp³-hybridized carbons (Fsp3) is 0.778. The number of rotatable bonds is 1. The Morgan fingerprint density at radius 2 is 1.62 bits per heavy atom. The van der Waals surface area contributed by atoms with Gasteiger partial charge in [-0.05, 0) is 11.8 Å². The van der Waals surface area contributed by atoms with Crippen LogP contribution in [0.2, 0.25) is 0 Å². The molecule has 1 aliphatic carbocycles. The smallest absolute Gasteiger partial charge is 0.292 e. The standard InChI is InChI=1S/C9H12F2O2/c1-5(2)6-3-7(12)9(10,11)8(13)4-6/h5-6H,3-4H2,1-2H3. The molecule has 0 aromatic rings. The van der Waals surface area contributed by atoms with Crippen molar-refractivity contribution >= 4 is 11.6 Å². The van der Waals surface area contributed by atoms with Crippen LogP contribution >= 0.6 is 0 Å². The molecule has 0 unspecified atom stereocenters. The highest BCUT2D eigenvalue weighted by Gasteiger charge is 2.51. The van der Waals surface area contributed by atoms with Crippen molar-refractivity contribution in [2.75, 3.05) is 0 Å². The molecule has 74 valence electrons. The number of alkyl halides is 2. The quantitative estimate of drug-likeness (QED) is 0.591. The minimum absolute atomic E-state index is 0.101. The summed E-state index contributed by atoms with van der Waals surface area (Å²) in [6, 6.07) is 0. The number of hydrogen-bond donors (Lipinski definition) is 0. The second-order valence-electron chi connectivity index (χ2n) is 3.83. The number of carbonyl (C=O) groups excluding carboxylic acids is 2. The van der Waals surface area contributed by atoms with Crippen molar-refractivity contribution in [1.29, 1.82) is 0 Å². The monoisotopic (exact) mass is 190 g/mol. The minimum atomic E-state index is -3.72. The molecule has 0 N–H and O–H groups in total. The molecule has 0 amide bonds. The molecule has 0 aliphatic heterocycles. The summed E-state index contributed by atoms with van der Waals surface area (Å²) in [7, 11) is 0. The lowest BCUT2D eigenvalue weighted by Crippen LogP contribution is -2.45. The van der Waals surface area contributed by atoms with Gasteiger partial charge in [0.1, 0.15) is 0 Å². The van der Waals surface area contributed by atoms with Gasteiger partial charge in [-0.2, -0.15) is 8.78 Å². The molecule has 0 spiro atoms. The highest BCUT2D eigenvalue weighted by Crippen LogP contribution is 2.33. The van der Waals surface area contributed by atoms with E-state index in [-0.39, 0.29) is 24.7 Å². The lowest BCUT2D eigenvalue weighted by atomic mass is 9.79. The third kappa shape index (κ3) is 1.76. The lowest BCUT2D eigenvalue weighted by Gasteiger charge is -2.27. The fourth-order valence-corrected chi connectivity index (χ4v) is 1.43. The van der Waals surface area contributed by atoms with Crippen molar-refractivity contribution in [2.24, 2.45) is 11.8 Å². The SMILES string of the molecule is CC(C)C1CC(=O)C(F)(F)C(=O)C1. The minimum Gasteiger partial charge on any atom is -0.292 e. The molecular formula is C9H12F2O2. The van der Waals surface area contributed by atoms with E-state index in [0.717, 1.165) is 0 Å². The normalized spacial score (nSPS) is 24.1. The molecule has 1 saturated carbocycles. The van der Waals surface area contributed by atoms with Crippen molar-refractivity contribution in [3.63, 3.8) is 0 Å². The second kappa shape index (κ2) is 3.16.